The summed E-state index contributed by atoms with van der Waals surface area (Å²) < 4.78 is 2.06. The average molecular weight is 259 g/mol. The van der Waals surface area contributed by atoms with Gasteiger partial charge in [-0.15, -0.1) is 10.2 Å². The number of aromatic hydroxyl groups is 1. The largest absolute Gasteiger partial charge is 0.508 e. The number of fused-ring (bicyclic) bond motifs is 1. The molecular formula is C14H17N3O2. The summed E-state index contributed by atoms with van der Waals surface area (Å²) in [7, 11) is 0. The molecule has 0 fully saturated rings. The molecule has 1 aliphatic heterocycles. The van der Waals surface area contributed by atoms with Gasteiger partial charge < -0.3 is 14.8 Å². The minimum Gasteiger partial charge on any atom is -0.508 e. The zero-order valence-electron chi connectivity index (χ0n) is 10.9. The minimum absolute atomic E-state index is 0.191. The zero-order chi connectivity index (χ0) is 13.4. The number of phenolic OH excluding ortho intramolecular Hbond substituents is 1. The Bertz CT molecular complexity index is 607. The average Bonchev–Trinajstić information content (AvgIpc) is 2.84. The van der Waals surface area contributed by atoms with Crippen LogP contribution in [0.25, 0.3) is 11.4 Å². The first kappa shape index (κ1) is 12.2. The molecule has 1 aliphatic rings. The summed E-state index contributed by atoms with van der Waals surface area (Å²) in [6.45, 7) is 2.80. The quantitative estimate of drug-likeness (QED) is 0.857. The van der Waals surface area contributed by atoms with E-state index in [0.717, 1.165) is 42.2 Å². The van der Waals surface area contributed by atoms with Crippen molar-refractivity contribution in [2.24, 2.45) is 5.92 Å². The van der Waals surface area contributed by atoms with Crippen LogP contribution >= 0.6 is 0 Å². The first-order valence-electron chi connectivity index (χ1n) is 6.52. The molecule has 1 aromatic heterocycles. The fraction of sp³-hybridized carbons (Fsp3) is 0.429. The van der Waals surface area contributed by atoms with E-state index >= 15 is 0 Å². The van der Waals surface area contributed by atoms with Crippen LogP contribution in [0.5, 0.6) is 5.75 Å². The number of hydrogen-bond donors (Lipinski definition) is 2. The van der Waals surface area contributed by atoms with Crippen LogP contribution in [0.1, 0.15) is 17.8 Å². The van der Waals surface area contributed by atoms with E-state index in [-0.39, 0.29) is 18.3 Å². The molecule has 0 saturated heterocycles. The predicted octanol–water partition coefficient (Wildman–Crippen LogP) is 1.51. The first-order valence-corrected chi connectivity index (χ1v) is 6.52. The van der Waals surface area contributed by atoms with E-state index in [0.29, 0.717) is 0 Å². The van der Waals surface area contributed by atoms with Crippen molar-refractivity contribution in [3.8, 4) is 17.1 Å². The van der Waals surface area contributed by atoms with Gasteiger partial charge in [-0.2, -0.15) is 0 Å². The van der Waals surface area contributed by atoms with Crippen molar-refractivity contribution >= 4 is 0 Å². The lowest BCUT2D eigenvalue weighted by Gasteiger charge is -2.22. The van der Waals surface area contributed by atoms with Crippen molar-refractivity contribution in [3.63, 3.8) is 0 Å². The van der Waals surface area contributed by atoms with Gasteiger partial charge in [0.1, 0.15) is 11.6 Å². The van der Waals surface area contributed by atoms with Crippen molar-refractivity contribution < 1.29 is 10.2 Å². The molecule has 1 aromatic carbocycles. The molecule has 1 unspecified atom stereocenters. The molecule has 0 saturated carbocycles. The fourth-order valence-electron chi connectivity index (χ4n) is 2.61. The lowest BCUT2D eigenvalue weighted by atomic mass is 9.99. The number of aromatic nitrogens is 3. The van der Waals surface area contributed by atoms with E-state index in [9.17, 15) is 10.2 Å². The number of benzene rings is 1. The van der Waals surface area contributed by atoms with Crippen LogP contribution in [-0.2, 0) is 13.0 Å². The Hall–Kier alpha value is -1.88. The Balaban J connectivity index is 2.07. The third kappa shape index (κ3) is 2.00. The Labute approximate surface area is 111 Å². The lowest BCUT2D eigenvalue weighted by molar-refractivity contribution is 0.191. The van der Waals surface area contributed by atoms with Crippen molar-refractivity contribution in [3.05, 3.63) is 29.6 Å². The predicted molar refractivity (Wildman–Crippen MR) is 70.8 cm³/mol. The summed E-state index contributed by atoms with van der Waals surface area (Å²) in [5.41, 5.74) is 1.71. The number of nitrogens with zero attached hydrogens (tertiary/aromatic N) is 3. The van der Waals surface area contributed by atoms with E-state index in [1.54, 1.807) is 6.07 Å². The summed E-state index contributed by atoms with van der Waals surface area (Å²) in [6, 6.07) is 5.42. The van der Waals surface area contributed by atoms with Crippen molar-refractivity contribution in [2.75, 3.05) is 6.61 Å². The first-order chi connectivity index (χ1) is 9.20. The normalized spacial score (nSPS) is 18.3. The third-order valence-electron chi connectivity index (χ3n) is 3.85. The van der Waals surface area contributed by atoms with Gasteiger partial charge in [0, 0.05) is 36.6 Å². The summed E-state index contributed by atoms with van der Waals surface area (Å²) in [5, 5.41) is 27.6. The molecule has 2 heterocycles. The molecule has 0 spiro atoms. The second-order valence-electron chi connectivity index (χ2n) is 5.09. The number of aliphatic hydroxyl groups is 1. The maximum absolute atomic E-state index is 9.80. The van der Waals surface area contributed by atoms with Gasteiger partial charge >= 0.3 is 0 Å². The molecule has 0 aliphatic carbocycles. The van der Waals surface area contributed by atoms with Crippen LogP contribution in [0.2, 0.25) is 0 Å². The maximum atomic E-state index is 9.80. The highest BCUT2D eigenvalue weighted by molar-refractivity contribution is 5.63. The summed E-state index contributed by atoms with van der Waals surface area (Å²) in [5.74, 6) is 2.27. The van der Waals surface area contributed by atoms with E-state index in [1.807, 2.05) is 19.1 Å². The van der Waals surface area contributed by atoms with Gasteiger partial charge in [-0.3, -0.25) is 0 Å². The van der Waals surface area contributed by atoms with Gasteiger partial charge in [0.15, 0.2) is 5.82 Å². The smallest absolute Gasteiger partial charge is 0.164 e. The molecule has 19 heavy (non-hydrogen) atoms. The van der Waals surface area contributed by atoms with Crippen molar-refractivity contribution in [2.45, 2.75) is 26.3 Å². The SMILES string of the molecule is Cc1c(O)cccc1-c1nnc2n1CC(CO)CC2. The number of aryl methyl sites for hydroxylation is 1. The highest BCUT2D eigenvalue weighted by atomic mass is 16.3. The van der Waals surface area contributed by atoms with Gasteiger partial charge in [0.2, 0.25) is 0 Å². The Kier molecular flexibility index (Phi) is 2.98. The number of rotatable bonds is 2. The monoisotopic (exact) mass is 259 g/mol. The molecule has 0 amide bonds. The minimum atomic E-state index is 0.191. The number of aliphatic hydroxyl groups excluding tert-OH is 1. The Morgan fingerprint density at radius 3 is 3.00 bits per heavy atom. The highest BCUT2D eigenvalue weighted by Crippen LogP contribution is 2.30. The van der Waals surface area contributed by atoms with Crippen LogP contribution in [0, 0.1) is 12.8 Å². The van der Waals surface area contributed by atoms with Gasteiger partial charge in [0.05, 0.1) is 0 Å². The van der Waals surface area contributed by atoms with Crippen molar-refractivity contribution in [1.82, 2.24) is 14.8 Å². The number of hydrogen-bond acceptors (Lipinski definition) is 4. The lowest BCUT2D eigenvalue weighted by Crippen LogP contribution is -2.23. The fourth-order valence-corrected chi connectivity index (χ4v) is 2.61. The molecule has 5 nitrogen and oxygen atoms in total. The van der Waals surface area contributed by atoms with E-state index in [2.05, 4.69) is 14.8 Å². The second kappa shape index (κ2) is 4.66. The number of phenols is 1. The second-order valence-corrected chi connectivity index (χ2v) is 5.09. The molecule has 3 rings (SSSR count). The molecule has 0 bridgehead atoms. The molecule has 2 N–H and O–H groups in total. The van der Waals surface area contributed by atoms with E-state index in [4.69, 9.17) is 0 Å². The van der Waals surface area contributed by atoms with Gasteiger partial charge in [-0.05, 0) is 19.4 Å². The molecule has 1 atom stereocenters. The van der Waals surface area contributed by atoms with Crippen LogP contribution < -0.4 is 0 Å². The molecular weight excluding hydrogens is 242 g/mol. The van der Waals surface area contributed by atoms with Crippen LogP contribution in [0.15, 0.2) is 18.2 Å². The van der Waals surface area contributed by atoms with E-state index < -0.39 is 0 Å². The molecule has 5 heteroatoms. The Morgan fingerprint density at radius 2 is 2.21 bits per heavy atom. The standard InChI is InChI=1S/C14H17N3O2/c1-9-11(3-2-4-12(9)19)14-16-15-13-6-5-10(8-18)7-17(13)14/h2-4,10,18-19H,5-8H2,1H3. The summed E-state index contributed by atoms with van der Waals surface area (Å²) in [4.78, 5) is 0. The molecule has 2 aromatic rings. The molecule has 100 valence electrons. The summed E-state index contributed by atoms with van der Waals surface area (Å²) in [6.07, 6.45) is 1.80. The van der Waals surface area contributed by atoms with Gasteiger partial charge in [-0.25, -0.2) is 0 Å². The van der Waals surface area contributed by atoms with Crippen molar-refractivity contribution in [1.29, 1.82) is 0 Å². The topological polar surface area (TPSA) is 71.2 Å². The van der Waals surface area contributed by atoms with E-state index in [1.165, 1.54) is 0 Å². The Morgan fingerprint density at radius 1 is 1.37 bits per heavy atom. The van der Waals surface area contributed by atoms with Gasteiger partial charge in [0.25, 0.3) is 0 Å². The highest BCUT2D eigenvalue weighted by Gasteiger charge is 2.23. The van der Waals surface area contributed by atoms with Crippen LogP contribution in [-0.4, -0.2) is 31.6 Å². The maximum Gasteiger partial charge on any atom is 0.164 e. The molecule has 0 radical (unpaired) electrons. The zero-order valence-corrected chi connectivity index (χ0v) is 10.9. The van der Waals surface area contributed by atoms with Gasteiger partial charge in [-0.1, -0.05) is 12.1 Å². The van der Waals surface area contributed by atoms with Crippen LogP contribution in [0.3, 0.4) is 0 Å². The third-order valence-corrected chi connectivity index (χ3v) is 3.85. The van der Waals surface area contributed by atoms with Crippen LogP contribution in [0.4, 0.5) is 0 Å². The summed E-state index contributed by atoms with van der Waals surface area (Å²) >= 11 is 0.